The maximum absolute atomic E-state index is 15.7. The van der Waals surface area contributed by atoms with Crippen LogP contribution in [0.5, 0.6) is 0 Å². The second-order valence-corrected chi connectivity index (χ2v) is 15.6. The van der Waals surface area contributed by atoms with Crippen molar-refractivity contribution in [3.8, 4) is 68.3 Å². The maximum atomic E-state index is 15.7. The van der Waals surface area contributed by atoms with Crippen molar-refractivity contribution >= 4 is 43.6 Å². The van der Waals surface area contributed by atoms with Gasteiger partial charge in [-0.05, 0) is 82.9 Å². The third-order valence-corrected chi connectivity index (χ3v) is 12.0. The number of rotatable bonds is 6. The lowest BCUT2D eigenvalue weighted by Crippen LogP contribution is -2.11. The van der Waals surface area contributed by atoms with E-state index in [4.69, 9.17) is 4.98 Å². The largest absolute Gasteiger partial charge is 0.416 e. The number of hydrogen-bond donors (Lipinski definition) is 0. The highest BCUT2D eigenvalue weighted by Gasteiger charge is 2.35. The van der Waals surface area contributed by atoms with Crippen molar-refractivity contribution in [2.45, 2.75) is 6.18 Å². The molecule has 0 N–H and O–H groups in total. The molecule has 0 amide bonds. The van der Waals surface area contributed by atoms with E-state index in [0.29, 0.717) is 61.3 Å². The number of alkyl halides is 3. The number of benzene rings is 8. The van der Waals surface area contributed by atoms with Gasteiger partial charge in [-0.2, -0.15) is 23.7 Å². The molecular formula is C56H32F3N5. The van der Waals surface area contributed by atoms with E-state index in [2.05, 4.69) is 12.1 Å². The zero-order valence-corrected chi connectivity index (χ0v) is 33.8. The Morgan fingerprint density at radius 1 is 0.406 bits per heavy atom. The molecule has 0 radical (unpaired) electrons. The lowest BCUT2D eigenvalue weighted by atomic mass is 9.98. The molecule has 3 heterocycles. The van der Waals surface area contributed by atoms with Gasteiger partial charge in [0.15, 0.2) is 0 Å². The van der Waals surface area contributed by atoms with Crippen LogP contribution in [0.2, 0.25) is 0 Å². The molecule has 8 aromatic carbocycles. The Labute approximate surface area is 365 Å². The molecular weight excluding hydrogens is 800 g/mol. The van der Waals surface area contributed by atoms with Gasteiger partial charge in [-0.25, -0.2) is 4.98 Å². The SMILES string of the molecule is N#Cc1ccccc1-c1ccc2c3ccccc3n(-c3cc(C(F)(F)F)cc(-n4c5ccccc5c5ccc(-c6ccccc6C#N)cc54)c3-c3cccc(-c4ccccc4)n3)c2c1. The normalized spacial score (nSPS) is 11.6. The van der Waals surface area contributed by atoms with Crippen molar-refractivity contribution in [2.24, 2.45) is 0 Å². The van der Waals surface area contributed by atoms with Crippen molar-refractivity contribution in [3.05, 3.63) is 211 Å². The number of aromatic nitrogens is 3. The Morgan fingerprint density at radius 3 is 1.38 bits per heavy atom. The van der Waals surface area contributed by atoms with Crippen molar-refractivity contribution < 1.29 is 13.2 Å². The van der Waals surface area contributed by atoms with Crippen LogP contribution < -0.4 is 0 Å². The van der Waals surface area contributed by atoms with E-state index in [9.17, 15) is 10.5 Å². The second kappa shape index (κ2) is 15.0. The summed E-state index contributed by atoms with van der Waals surface area (Å²) in [5.41, 5.74) is 8.78. The first-order valence-corrected chi connectivity index (χ1v) is 20.6. The molecule has 0 aliphatic carbocycles. The summed E-state index contributed by atoms with van der Waals surface area (Å²) >= 11 is 0. The maximum Gasteiger partial charge on any atom is 0.416 e. The van der Waals surface area contributed by atoms with Gasteiger partial charge >= 0.3 is 6.18 Å². The summed E-state index contributed by atoms with van der Waals surface area (Å²) in [5, 5.41) is 23.6. The topological polar surface area (TPSA) is 70.3 Å². The molecule has 0 unspecified atom stereocenters. The highest BCUT2D eigenvalue weighted by atomic mass is 19.4. The average Bonchev–Trinajstić information content (AvgIpc) is 3.85. The minimum Gasteiger partial charge on any atom is -0.308 e. The van der Waals surface area contributed by atoms with Crippen LogP contribution in [-0.2, 0) is 6.18 Å². The Morgan fingerprint density at radius 2 is 0.859 bits per heavy atom. The number of fused-ring (bicyclic) bond motifs is 6. The Balaban J connectivity index is 1.32. The molecule has 0 bridgehead atoms. The monoisotopic (exact) mass is 831 g/mol. The van der Waals surface area contributed by atoms with Gasteiger partial charge in [0.05, 0.1) is 73.7 Å². The third-order valence-electron chi connectivity index (χ3n) is 12.0. The van der Waals surface area contributed by atoms with Crippen LogP contribution in [0, 0.1) is 22.7 Å². The summed E-state index contributed by atoms with van der Waals surface area (Å²) in [7, 11) is 0. The minimum atomic E-state index is -4.76. The van der Waals surface area contributed by atoms with E-state index < -0.39 is 11.7 Å². The molecule has 0 atom stereocenters. The molecule has 0 spiro atoms. The van der Waals surface area contributed by atoms with Gasteiger partial charge in [-0.3, -0.25) is 0 Å². The summed E-state index contributed by atoms with van der Waals surface area (Å²) in [5.74, 6) is 0. The van der Waals surface area contributed by atoms with E-state index in [0.717, 1.165) is 38.2 Å². The standard InChI is InChI=1S/C56H32F3N5/c57-56(58,59)40-31-53(63-49-23-10-8-19-43(49)45-27-25-36(29-51(45)63)41-17-6-4-15-38(41)33-60)55(48-22-12-21-47(62-48)35-13-2-1-3-14-35)54(32-40)64-50-24-11-9-20-44(50)46-28-26-37(30-52(46)64)42-18-7-5-16-39(42)34-61/h1-32H. The molecule has 0 aliphatic heterocycles. The number of pyridine rings is 1. The number of para-hydroxylation sites is 2. The van der Waals surface area contributed by atoms with Crippen molar-refractivity contribution in [1.29, 1.82) is 10.5 Å². The van der Waals surface area contributed by atoms with Crippen LogP contribution >= 0.6 is 0 Å². The van der Waals surface area contributed by atoms with E-state index >= 15 is 13.2 Å². The van der Waals surface area contributed by atoms with Crippen LogP contribution in [0.1, 0.15) is 16.7 Å². The predicted octanol–water partition coefficient (Wildman–Crippen LogP) is 14.7. The first-order valence-electron chi connectivity index (χ1n) is 20.6. The first kappa shape index (κ1) is 38.2. The highest BCUT2D eigenvalue weighted by Crippen LogP contribution is 2.46. The fraction of sp³-hybridized carbons (Fsp3) is 0.0179. The van der Waals surface area contributed by atoms with E-state index in [1.807, 2.05) is 179 Å². The quantitative estimate of drug-likeness (QED) is 0.168. The molecule has 64 heavy (non-hydrogen) atoms. The van der Waals surface area contributed by atoms with Gasteiger partial charge < -0.3 is 9.13 Å². The zero-order valence-electron chi connectivity index (χ0n) is 33.8. The van der Waals surface area contributed by atoms with E-state index in [1.54, 1.807) is 12.1 Å². The summed E-state index contributed by atoms with van der Waals surface area (Å²) in [6, 6.07) is 64.3. The molecule has 11 aromatic rings. The molecule has 8 heteroatoms. The summed E-state index contributed by atoms with van der Waals surface area (Å²) < 4.78 is 51.1. The van der Waals surface area contributed by atoms with Gasteiger partial charge in [0.25, 0.3) is 0 Å². The summed E-state index contributed by atoms with van der Waals surface area (Å²) in [6.45, 7) is 0. The third kappa shape index (κ3) is 6.20. The summed E-state index contributed by atoms with van der Waals surface area (Å²) in [4.78, 5) is 5.26. The van der Waals surface area contributed by atoms with Crippen LogP contribution in [0.25, 0.3) is 99.8 Å². The molecule has 3 aromatic heterocycles. The molecule has 5 nitrogen and oxygen atoms in total. The number of nitrogens with zero attached hydrogens (tertiary/aromatic N) is 5. The molecule has 11 rings (SSSR count). The van der Waals surface area contributed by atoms with Crippen molar-refractivity contribution in [3.63, 3.8) is 0 Å². The van der Waals surface area contributed by atoms with Crippen LogP contribution in [-0.4, -0.2) is 14.1 Å². The van der Waals surface area contributed by atoms with Crippen molar-refractivity contribution in [1.82, 2.24) is 14.1 Å². The number of halogens is 3. The number of hydrogen-bond acceptors (Lipinski definition) is 3. The Bertz CT molecular complexity index is 3560. The molecule has 0 aliphatic rings. The van der Waals surface area contributed by atoms with Crippen molar-refractivity contribution in [2.75, 3.05) is 0 Å². The average molecular weight is 832 g/mol. The Kier molecular flexibility index (Phi) is 8.97. The van der Waals surface area contributed by atoms with Gasteiger partial charge in [0.1, 0.15) is 0 Å². The van der Waals surface area contributed by atoms with Gasteiger partial charge in [0, 0.05) is 32.7 Å². The van der Waals surface area contributed by atoms with E-state index in [-0.39, 0.29) is 11.4 Å². The predicted molar refractivity (Wildman–Crippen MR) is 249 cm³/mol. The molecule has 0 saturated heterocycles. The van der Waals surface area contributed by atoms with Crippen LogP contribution in [0.4, 0.5) is 13.2 Å². The molecule has 0 saturated carbocycles. The van der Waals surface area contributed by atoms with Crippen LogP contribution in [0.15, 0.2) is 194 Å². The minimum absolute atomic E-state index is 0.274. The van der Waals surface area contributed by atoms with Gasteiger partial charge in [-0.1, -0.05) is 133 Å². The van der Waals surface area contributed by atoms with E-state index in [1.165, 1.54) is 12.1 Å². The summed E-state index contributed by atoms with van der Waals surface area (Å²) in [6.07, 6.45) is -4.76. The lowest BCUT2D eigenvalue weighted by molar-refractivity contribution is -0.137. The lowest BCUT2D eigenvalue weighted by Gasteiger charge is -2.22. The fourth-order valence-corrected chi connectivity index (χ4v) is 9.19. The van der Waals surface area contributed by atoms with Gasteiger partial charge in [0.2, 0.25) is 0 Å². The molecule has 302 valence electrons. The molecule has 0 fully saturated rings. The smallest absolute Gasteiger partial charge is 0.308 e. The highest BCUT2D eigenvalue weighted by molar-refractivity contribution is 6.13. The van der Waals surface area contributed by atoms with Gasteiger partial charge in [-0.15, -0.1) is 0 Å². The fourth-order valence-electron chi connectivity index (χ4n) is 9.19. The Hall–Kier alpha value is -8.72. The first-order chi connectivity index (χ1) is 31.3. The zero-order chi connectivity index (χ0) is 43.5. The second-order valence-electron chi connectivity index (χ2n) is 15.6. The van der Waals surface area contributed by atoms with Crippen LogP contribution in [0.3, 0.4) is 0 Å². The number of nitriles is 2.